The van der Waals surface area contributed by atoms with Gasteiger partial charge in [-0.25, -0.2) is 0 Å². The molecule has 23 atom stereocenters. The van der Waals surface area contributed by atoms with Gasteiger partial charge in [0.05, 0.1) is 0 Å². The van der Waals surface area contributed by atoms with Crippen LogP contribution in [0.15, 0.2) is 0 Å². The summed E-state index contributed by atoms with van der Waals surface area (Å²) in [6.07, 6.45) is 85.6. The van der Waals surface area contributed by atoms with Crippen LogP contribution in [-0.4, -0.2) is 52.8 Å². The molecule has 3 heteroatoms. The van der Waals surface area contributed by atoms with Gasteiger partial charge in [-0.15, -0.1) is 0 Å². The van der Waals surface area contributed by atoms with Gasteiger partial charge in [-0.3, -0.25) is 9.80 Å². The molecule has 0 bridgehead atoms. The number of hydrogen-bond donors (Lipinski definition) is 0. The fraction of sp³-hybridized carbons (Fsp3) is 1.00. The molecule has 2 aliphatic heterocycles. The van der Waals surface area contributed by atoms with Crippen LogP contribution in [-0.2, 0) is 0 Å². The Kier molecular flexibility index (Phi) is 22.4. The van der Waals surface area contributed by atoms with Gasteiger partial charge in [0.15, 0.2) is 6.71 Å². The molecule has 0 spiro atoms. The highest BCUT2D eigenvalue weighted by Gasteiger charge is 2.70. The molecule has 2 saturated heterocycles. The highest BCUT2D eigenvalue weighted by molar-refractivity contribution is 6.65. The summed E-state index contributed by atoms with van der Waals surface area (Å²) in [6, 6.07) is 5.07. The van der Waals surface area contributed by atoms with Gasteiger partial charge in [0.2, 0.25) is 0 Å². The van der Waals surface area contributed by atoms with E-state index in [1.165, 1.54) is 44.9 Å². The maximum atomic E-state index is 4.05. The molecule has 0 radical (unpaired) electrons. The van der Waals surface area contributed by atoms with E-state index >= 15 is 0 Å². The summed E-state index contributed by atoms with van der Waals surface area (Å²) < 4.78 is 0. The van der Waals surface area contributed by atoms with Gasteiger partial charge in [0.25, 0.3) is 0 Å². The first-order valence-electron chi connectivity index (χ1n) is 49.5. The van der Waals surface area contributed by atoms with E-state index in [1.807, 2.05) is 0 Å². The Balaban J connectivity index is 0.818. The van der Waals surface area contributed by atoms with Crippen molar-refractivity contribution in [3.8, 4) is 0 Å². The molecule has 2 heterocycles. The van der Waals surface area contributed by atoms with Gasteiger partial charge < -0.3 is 0 Å². The van der Waals surface area contributed by atoms with E-state index in [0.29, 0.717) is 16.2 Å². The van der Waals surface area contributed by atoms with Crippen LogP contribution in [0.2, 0.25) is 17.5 Å². The van der Waals surface area contributed by atoms with Crippen LogP contribution in [0.5, 0.6) is 0 Å². The van der Waals surface area contributed by atoms with Crippen molar-refractivity contribution in [2.24, 2.45) is 164 Å². The molecule has 18 fully saturated rings. The van der Waals surface area contributed by atoms with Crippen LogP contribution in [0.4, 0.5) is 0 Å². The highest BCUT2D eigenvalue weighted by Crippen LogP contribution is 2.72. The first kappa shape index (κ1) is 74.4. The Bertz CT molecular complexity index is 2650. The third-order valence-electron chi connectivity index (χ3n) is 40.6. The SMILES string of the molecule is CC(C)(C)C1CC2CCC3CC(C(C)(C)C)CC4C(C5CCC6B7C8CC(C9CCCCC9)CCC8N(C8C(C9CCCCC9)CC(C9CCCCC9)CC8C8CCCCC8)C8CC(C(C)(C)C)CC(C78)N(C7C(C8CCCCC8)CC(C8CCCCC8)CC7C7CCCCC7)C6C5)CC(C1)C2C34. The van der Waals surface area contributed by atoms with Crippen molar-refractivity contribution < 1.29 is 0 Å². The van der Waals surface area contributed by atoms with Crippen LogP contribution >= 0.6 is 0 Å². The van der Waals surface area contributed by atoms with Crippen molar-refractivity contribution in [1.29, 1.82) is 0 Å². The summed E-state index contributed by atoms with van der Waals surface area (Å²) in [5, 5.41) is 0. The van der Waals surface area contributed by atoms with E-state index in [4.69, 9.17) is 0 Å². The molecular weight excluding hydrogens is 1240 g/mol. The molecule has 582 valence electrons. The zero-order valence-electron chi connectivity index (χ0n) is 69.8. The lowest BCUT2D eigenvalue weighted by Crippen LogP contribution is -2.77. The van der Waals surface area contributed by atoms with Gasteiger partial charge in [-0.1, -0.05) is 306 Å². The molecule has 23 unspecified atom stereocenters. The molecule has 103 heavy (non-hydrogen) atoms. The lowest BCUT2D eigenvalue weighted by Gasteiger charge is -2.73. The van der Waals surface area contributed by atoms with Crippen molar-refractivity contribution >= 4 is 6.71 Å². The Morgan fingerprint density at radius 2 is 0.544 bits per heavy atom. The molecule has 18 aliphatic rings. The van der Waals surface area contributed by atoms with Gasteiger partial charge in [-0.2, -0.15) is 0 Å². The summed E-state index contributed by atoms with van der Waals surface area (Å²) >= 11 is 0. The van der Waals surface area contributed by atoms with Crippen LogP contribution in [0.25, 0.3) is 0 Å². The standard InChI is InChI=1S/C100H169BN2/c1-98(2,3)78-51-73-45-46-74-52-79(99(4,5)6)61-86-81(58-77(53-78)93(73)94(74)86)72-47-49-87-90(60-72)103(97-84(69-41-27-15-28-42-69)56-76(66-35-21-12-22-36-66)57-85(97)70-43-29-16-30-44-70)92-63-80(100(7,8)9)62-91-95(92)101(87)88-59-71(64-31-17-10-18-32-64)48-50-89(88)102(91)96-82(67-37-23-13-24-38-67)54-75(65-33-19-11-20-34-65)55-83(96)68-39-25-14-26-40-68/h64-97H,10-63H2,1-9H3. The fourth-order valence-corrected chi connectivity index (χ4v) is 36.0. The number of rotatable bonds is 10. The molecule has 0 aromatic carbocycles. The van der Waals surface area contributed by atoms with Gasteiger partial charge >= 0.3 is 0 Å². The minimum absolute atomic E-state index is 0.343. The van der Waals surface area contributed by atoms with Crippen LogP contribution in [0.3, 0.4) is 0 Å². The largest absolute Gasteiger partial charge is 0.295 e. The quantitative estimate of drug-likeness (QED) is 0.201. The number of hydrogen-bond acceptors (Lipinski definition) is 2. The highest BCUT2D eigenvalue weighted by atomic mass is 15.3. The molecule has 0 aromatic rings. The van der Waals surface area contributed by atoms with Crippen LogP contribution < -0.4 is 0 Å². The zero-order valence-corrected chi connectivity index (χ0v) is 69.8. The number of nitrogens with zero attached hydrogens (tertiary/aromatic N) is 2. The fourth-order valence-electron chi connectivity index (χ4n) is 36.0. The molecule has 0 aromatic heterocycles. The lowest BCUT2D eigenvalue weighted by molar-refractivity contribution is -0.161. The number of fused-ring (bicyclic) bond motifs is 4. The van der Waals surface area contributed by atoms with Crippen molar-refractivity contribution in [3.05, 3.63) is 0 Å². The Labute approximate surface area is 639 Å². The first-order valence-corrected chi connectivity index (χ1v) is 49.5. The Morgan fingerprint density at radius 1 is 0.204 bits per heavy atom. The molecule has 16 saturated carbocycles. The summed E-state index contributed by atoms with van der Waals surface area (Å²) in [5.41, 5.74) is 1.22. The van der Waals surface area contributed by atoms with E-state index in [2.05, 4.69) is 72.1 Å². The van der Waals surface area contributed by atoms with Gasteiger partial charge in [0, 0.05) is 36.3 Å². The second-order valence-corrected chi connectivity index (χ2v) is 47.9. The van der Waals surface area contributed by atoms with E-state index in [0.717, 1.165) is 208 Å². The van der Waals surface area contributed by atoms with E-state index in [-0.39, 0.29) is 0 Å². The lowest BCUT2D eigenvalue weighted by atomic mass is 9.17. The second-order valence-electron chi connectivity index (χ2n) is 47.9. The molecule has 2 nitrogen and oxygen atoms in total. The van der Waals surface area contributed by atoms with Crippen LogP contribution in [0.1, 0.15) is 409 Å². The summed E-state index contributed by atoms with van der Waals surface area (Å²) in [7, 11) is 0. The normalized spacial score (nSPS) is 47.6. The van der Waals surface area contributed by atoms with Crippen LogP contribution in [0, 0.1) is 164 Å². The Morgan fingerprint density at radius 3 is 0.971 bits per heavy atom. The van der Waals surface area contributed by atoms with Crippen molar-refractivity contribution in [2.75, 3.05) is 0 Å². The minimum atomic E-state index is 0.343. The van der Waals surface area contributed by atoms with Gasteiger partial charge in [0.1, 0.15) is 0 Å². The zero-order chi connectivity index (χ0) is 70.0. The van der Waals surface area contributed by atoms with Crippen molar-refractivity contribution in [2.45, 2.75) is 463 Å². The summed E-state index contributed by atoms with van der Waals surface area (Å²) in [6.45, 7) is 25.9. The minimum Gasteiger partial charge on any atom is -0.295 e. The van der Waals surface area contributed by atoms with Gasteiger partial charge in [-0.05, 0) is 284 Å². The average Bonchev–Trinajstić information content (AvgIpc) is 0.688. The third-order valence-corrected chi connectivity index (χ3v) is 40.6. The van der Waals surface area contributed by atoms with Crippen molar-refractivity contribution in [1.82, 2.24) is 9.80 Å². The predicted octanol–water partition coefficient (Wildman–Crippen LogP) is 28.3. The van der Waals surface area contributed by atoms with E-state index < -0.39 is 0 Å². The smallest absolute Gasteiger partial charge is 0.156 e. The van der Waals surface area contributed by atoms with E-state index in [9.17, 15) is 0 Å². The summed E-state index contributed by atoms with van der Waals surface area (Å²) in [5.74, 6) is 27.6. The Hall–Kier alpha value is -0.0151. The molecule has 16 aliphatic carbocycles. The topological polar surface area (TPSA) is 6.48 Å². The first-order chi connectivity index (χ1) is 50.0. The maximum Gasteiger partial charge on any atom is 0.156 e. The summed E-state index contributed by atoms with van der Waals surface area (Å²) in [4.78, 5) is 8.01. The van der Waals surface area contributed by atoms with E-state index in [1.54, 1.807) is 302 Å². The molecular formula is C100H169BN2. The second kappa shape index (κ2) is 31.1. The monoisotopic (exact) mass is 1410 g/mol. The molecule has 0 amide bonds. The maximum absolute atomic E-state index is 4.05. The average molecular weight is 1410 g/mol. The van der Waals surface area contributed by atoms with Crippen molar-refractivity contribution in [3.63, 3.8) is 0 Å². The predicted molar refractivity (Wildman–Crippen MR) is 438 cm³/mol. The molecule has 0 N–H and O–H groups in total. The molecule has 18 rings (SSSR count). The third kappa shape index (κ3) is 14.5.